The molecule has 0 atom stereocenters. The summed E-state index contributed by atoms with van der Waals surface area (Å²) in [5.74, 6) is 0.207. The van der Waals surface area contributed by atoms with E-state index in [2.05, 4.69) is 38.1 Å². The molecule has 24 heavy (non-hydrogen) atoms. The van der Waals surface area contributed by atoms with Crippen molar-refractivity contribution in [2.75, 3.05) is 13.2 Å². The maximum atomic E-state index is 12.9. The maximum Gasteiger partial charge on any atom is 0.252 e. The molecule has 0 aromatic carbocycles. The van der Waals surface area contributed by atoms with Gasteiger partial charge < -0.3 is 10.1 Å². The van der Waals surface area contributed by atoms with Crippen LogP contribution in [0.4, 0.5) is 0 Å². The van der Waals surface area contributed by atoms with Gasteiger partial charge in [-0.1, -0.05) is 13.8 Å². The van der Waals surface area contributed by atoms with Crippen molar-refractivity contribution in [3.8, 4) is 0 Å². The number of aromatic nitrogens is 3. The lowest BCUT2D eigenvalue weighted by atomic mass is 10.0. The number of hydrogen-bond acceptors (Lipinski definition) is 4. The Balaban J connectivity index is 2.00. The molecule has 3 heterocycles. The predicted octanol–water partition coefficient (Wildman–Crippen LogP) is 3.04. The van der Waals surface area contributed by atoms with Crippen LogP contribution in [0.2, 0.25) is 0 Å². The highest BCUT2D eigenvalue weighted by Gasteiger charge is 2.22. The van der Waals surface area contributed by atoms with Gasteiger partial charge in [0.05, 0.1) is 17.1 Å². The molecule has 2 aromatic heterocycles. The second-order valence-electron chi connectivity index (χ2n) is 7.03. The fraction of sp³-hybridized carbons (Fsp3) is 0.611. The van der Waals surface area contributed by atoms with Gasteiger partial charge in [0.1, 0.15) is 0 Å². The number of carbonyl (C=O) groups excluding carboxylic acids is 1. The topological polar surface area (TPSA) is 69.0 Å². The van der Waals surface area contributed by atoms with Crippen LogP contribution < -0.4 is 5.32 Å². The first-order valence-electron chi connectivity index (χ1n) is 8.74. The van der Waals surface area contributed by atoms with Gasteiger partial charge in [-0.2, -0.15) is 5.10 Å². The van der Waals surface area contributed by atoms with E-state index in [0.29, 0.717) is 18.8 Å². The SMILES string of the molecule is CC(C)c1cc(C(=O)NC2CCOCC2)c2cnn(C(C)C)c2n1. The molecular formula is C18H26N4O2. The van der Waals surface area contributed by atoms with E-state index in [1.54, 1.807) is 6.20 Å². The third-order valence-electron chi connectivity index (χ3n) is 4.47. The Morgan fingerprint density at radius 1 is 1.29 bits per heavy atom. The number of amides is 1. The number of ether oxygens (including phenoxy) is 1. The van der Waals surface area contributed by atoms with E-state index in [0.717, 1.165) is 29.6 Å². The molecular weight excluding hydrogens is 304 g/mol. The lowest BCUT2D eigenvalue weighted by Crippen LogP contribution is -2.39. The highest BCUT2D eigenvalue weighted by atomic mass is 16.5. The average molecular weight is 330 g/mol. The number of nitrogens with one attached hydrogen (secondary N) is 1. The minimum absolute atomic E-state index is 0.0421. The molecule has 1 fully saturated rings. The molecule has 0 aliphatic carbocycles. The van der Waals surface area contributed by atoms with E-state index in [9.17, 15) is 4.79 Å². The molecule has 0 unspecified atom stereocenters. The fourth-order valence-corrected chi connectivity index (χ4v) is 3.00. The summed E-state index contributed by atoms with van der Waals surface area (Å²) < 4.78 is 7.24. The first kappa shape index (κ1) is 16.9. The van der Waals surface area contributed by atoms with Crippen molar-refractivity contribution in [2.45, 2.75) is 58.5 Å². The van der Waals surface area contributed by atoms with Gasteiger partial charge in [0, 0.05) is 31.0 Å². The van der Waals surface area contributed by atoms with E-state index < -0.39 is 0 Å². The summed E-state index contributed by atoms with van der Waals surface area (Å²) in [5.41, 5.74) is 2.37. The number of carbonyl (C=O) groups is 1. The first-order valence-corrected chi connectivity index (χ1v) is 8.74. The van der Waals surface area contributed by atoms with Crippen LogP contribution in [0.5, 0.6) is 0 Å². The molecule has 1 saturated heterocycles. The van der Waals surface area contributed by atoms with Crippen LogP contribution in [0.1, 0.15) is 68.5 Å². The van der Waals surface area contributed by atoms with Gasteiger partial charge in [0.25, 0.3) is 5.91 Å². The van der Waals surface area contributed by atoms with E-state index in [1.807, 2.05) is 10.7 Å². The Morgan fingerprint density at radius 3 is 2.62 bits per heavy atom. The highest BCUT2D eigenvalue weighted by Crippen LogP contribution is 2.24. The highest BCUT2D eigenvalue weighted by molar-refractivity contribution is 6.05. The summed E-state index contributed by atoms with van der Waals surface area (Å²) in [4.78, 5) is 17.6. The molecule has 1 N–H and O–H groups in total. The summed E-state index contributed by atoms with van der Waals surface area (Å²) >= 11 is 0. The number of fused-ring (bicyclic) bond motifs is 1. The third-order valence-corrected chi connectivity index (χ3v) is 4.47. The molecule has 0 saturated carbocycles. The average Bonchev–Trinajstić information content (AvgIpc) is 2.98. The Kier molecular flexibility index (Phi) is 4.85. The van der Waals surface area contributed by atoms with Gasteiger partial charge in [0.15, 0.2) is 5.65 Å². The number of nitrogens with zero attached hydrogens (tertiary/aromatic N) is 3. The van der Waals surface area contributed by atoms with Crippen molar-refractivity contribution in [3.05, 3.63) is 23.5 Å². The van der Waals surface area contributed by atoms with Gasteiger partial charge in [-0.15, -0.1) is 0 Å². The van der Waals surface area contributed by atoms with Gasteiger partial charge in [-0.25, -0.2) is 9.67 Å². The molecule has 6 heteroatoms. The molecule has 1 aliphatic heterocycles. The zero-order valence-electron chi connectivity index (χ0n) is 14.9. The van der Waals surface area contributed by atoms with Crippen LogP contribution >= 0.6 is 0 Å². The normalized spacial score (nSPS) is 16.2. The number of hydrogen-bond donors (Lipinski definition) is 1. The summed E-state index contributed by atoms with van der Waals surface area (Å²) in [6, 6.07) is 2.29. The minimum Gasteiger partial charge on any atom is -0.381 e. The first-order chi connectivity index (χ1) is 11.5. The van der Waals surface area contributed by atoms with Gasteiger partial charge in [-0.05, 0) is 38.7 Å². The lowest BCUT2D eigenvalue weighted by molar-refractivity contribution is 0.0697. The van der Waals surface area contributed by atoms with Crippen LogP contribution in [-0.4, -0.2) is 39.9 Å². The Hall–Kier alpha value is -1.95. The van der Waals surface area contributed by atoms with Crippen molar-refractivity contribution in [3.63, 3.8) is 0 Å². The Labute approximate surface area is 142 Å². The molecule has 1 amide bonds. The Bertz CT molecular complexity index is 730. The van der Waals surface area contributed by atoms with Crippen molar-refractivity contribution >= 4 is 16.9 Å². The maximum absolute atomic E-state index is 12.9. The quantitative estimate of drug-likeness (QED) is 0.935. The van der Waals surface area contributed by atoms with E-state index in [4.69, 9.17) is 9.72 Å². The van der Waals surface area contributed by atoms with Crippen LogP contribution in [0.15, 0.2) is 12.3 Å². The minimum atomic E-state index is -0.0421. The second kappa shape index (κ2) is 6.89. The lowest BCUT2D eigenvalue weighted by Gasteiger charge is -2.23. The molecule has 130 valence electrons. The molecule has 6 nitrogen and oxygen atoms in total. The predicted molar refractivity (Wildman–Crippen MR) is 93.3 cm³/mol. The zero-order chi connectivity index (χ0) is 17.3. The van der Waals surface area contributed by atoms with Crippen LogP contribution in [0, 0.1) is 0 Å². The molecule has 0 radical (unpaired) electrons. The molecule has 0 spiro atoms. The van der Waals surface area contributed by atoms with E-state index >= 15 is 0 Å². The molecule has 0 bridgehead atoms. The van der Waals surface area contributed by atoms with Crippen LogP contribution in [0.3, 0.4) is 0 Å². The molecule has 3 rings (SSSR count). The molecule has 1 aliphatic rings. The van der Waals surface area contributed by atoms with E-state index in [-0.39, 0.29) is 23.9 Å². The van der Waals surface area contributed by atoms with Gasteiger partial charge in [0.2, 0.25) is 0 Å². The van der Waals surface area contributed by atoms with Crippen LogP contribution in [-0.2, 0) is 4.74 Å². The van der Waals surface area contributed by atoms with E-state index in [1.165, 1.54) is 0 Å². The summed E-state index contributed by atoms with van der Waals surface area (Å²) in [7, 11) is 0. The van der Waals surface area contributed by atoms with Crippen LogP contribution in [0.25, 0.3) is 11.0 Å². The van der Waals surface area contributed by atoms with Crippen molar-refractivity contribution in [1.82, 2.24) is 20.1 Å². The van der Waals surface area contributed by atoms with Crippen molar-refractivity contribution in [2.24, 2.45) is 0 Å². The summed E-state index contributed by atoms with van der Waals surface area (Å²) in [5, 5.41) is 8.40. The zero-order valence-corrected chi connectivity index (χ0v) is 14.9. The summed E-state index contributed by atoms with van der Waals surface area (Å²) in [6.07, 6.45) is 3.48. The molecule has 2 aromatic rings. The van der Waals surface area contributed by atoms with Gasteiger partial charge in [-0.3, -0.25) is 4.79 Å². The fourth-order valence-electron chi connectivity index (χ4n) is 3.00. The van der Waals surface area contributed by atoms with Gasteiger partial charge >= 0.3 is 0 Å². The van der Waals surface area contributed by atoms with Crippen molar-refractivity contribution < 1.29 is 9.53 Å². The second-order valence-corrected chi connectivity index (χ2v) is 7.03. The number of pyridine rings is 1. The largest absolute Gasteiger partial charge is 0.381 e. The smallest absolute Gasteiger partial charge is 0.252 e. The number of rotatable bonds is 4. The standard InChI is InChI=1S/C18H26N4O2/c1-11(2)16-9-14(18(23)20-13-5-7-24-8-6-13)15-10-19-22(12(3)4)17(15)21-16/h9-13H,5-8H2,1-4H3,(H,20,23). The monoisotopic (exact) mass is 330 g/mol. The third kappa shape index (κ3) is 3.29. The Morgan fingerprint density at radius 2 is 2.00 bits per heavy atom. The van der Waals surface area contributed by atoms with Crippen molar-refractivity contribution in [1.29, 1.82) is 0 Å². The summed E-state index contributed by atoms with van der Waals surface area (Å²) in [6.45, 7) is 9.73.